The molecule has 10 aromatic rings. The third kappa shape index (κ3) is 5.74. The molecule has 0 aliphatic carbocycles. The maximum Gasteiger partial charge on any atom is 0.0640 e. The molecule has 0 radical (unpaired) electrons. The third-order valence-electron chi connectivity index (χ3n) is 10.4. The van der Waals surface area contributed by atoms with Crippen LogP contribution in [0.3, 0.4) is 0 Å². The minimum Gasteiger partial charge on any atom is -0.309 e. The molecule has 1 nitrogen and oxygen atoms in total. The Morgan fingerprint density at radius 2 is 0.815 bits per heavy atom. The van der Waals surface area contributed by atoms with Crippen molar-refractivity contribution in [3.63, 3.8) is 0 Å². The van der Waals surface area contributed by atoms with Gasteiger partial charge in [-0.2, -0.15) is 0 Å². The number of hydrogen-bond acceptors (Lipinski definition) is 2. The molecule has 0 amide bonds. The normalized spacial score (nSPS) is 11.3. The first-order chi connectivity index (χ1) is 26.8. The van der Waals surface area contributed by atoms with Crippen molar-refractivity contribution in [2.75, 3.05) is 4.90 Å². The lowest BCUT2D eigenvalue weighted by atomic mass is 9.91. The molecule has 0 saturated heterocycles. The Kier molecular flexibility index (Phi) is 8.09. The zero-order valence-corrected chi connectivity index (χ0v) is 30.4. The van der Waals surface area contributed by atoms with Crippen molar-refractivity contribution < 1.29 is 0 Å². The summed E-state index contributed by atoms with van der Waals surface area (Å²) in [5.74, 6) is 0. The van der Waals surface area contributed by atoms with Gasteiger partial charge in [0.25, 0.3) is 0 Å². The molecular formula is C52H35NS. The first kappa shape index (κ1) is 32.0. The Labute approximate surface area is 319 Å². The van der Waals surface area contributed by atoms with Gasteiger partial charge in [-0.15, -0.1) is 11.3 Å². The van der Waals surface area contributed by atoms with Crippen molar-refractivity contribution in [2.24, 2.45) is 0 Å². The fourth-order valence-corrected chi connectivity index (χ4v) is 9.09. The standard InChI is InChI=1S/C52H35NS/c1-4-16-36(17-5-1)44-31-30-43(35-49(44)38-20-8-3-9-21-38)53(50-28-15-27-46-45-26-12-13-29-51(45)54-52(46)50)42-25-14-24-41(32-42)48-34-40-23-11-10-22-39(40)33-47(48)37-18-6-2-7-19-37/h1-35H. The minimum absolute atomic E-state index is 1.11. The van der Waals surface area contributed by atoms with Crippen LogP contribution in [-0.4, -0.2) is 0 Å². The molecule has 10 rings (SSSR count). The van der Waals surface area contributed by atoms with Crippen molar-refractivity contribution in [3.8, 4) is 44.5 Å². The van der Waals surface area contributed by atoms with Crippen molar-refractivity contribution in [2.45, 2.75) is 0 Å². The quantitative estimate of drug-likeness (QED) is 0.160. The van der Waals surface area contributed by atoms with E-state index in [0.29, 0.717) is 0 Å². The maximum absolute atomic E-state index is 2.46. The number of anilines is 3. The van der Waals surface area contributed by atoms with Gasteiger partial charge in [0.05, 0.1) is 10.4 Å². The summed E-state index contributed by atoms with van der Waals surface area (Å²) in [6.45, 7) is 0. The molecule has 0 aliphatic rings. The lowest BCUT2D eigenvalue weighted by Gasteiger charge is -2.28. The van der Waals surface area contributed by atoms with Gasteiger partial charge in [0.15, 0.2) is 0 Å². The molecule has 0 fully saturated rings. The summed E-state index contributed by atoms with van der Waals surface area (Å²) in [6, 6.07) is 77.2. The topological polar surface area (TPSA) is 3.24 Å². The molecule has 1 heterocycles. The van der Waals surface area contributed by atoms with E-state index in [1.54, 1.807) is 0 Å². The van der Waals surface area contributed by atoms with Crippen LogP contribution in [0.4, 0.5) is 17.1 Å². The second-order valence-electron chi connectivity index (χ2n) is 13.7. The molecule has 254 valence electrons. The largest absolute Gasteiger partial charge is 0.309 e. The van der Waals surface area contributed by atoms with E-state index in [0.717, 1.165) is 11.4 Å². The van der Waals surface area contributed by atoms with E-state index in [1.807, 2.05) is 11.3 Å². The maximum atomic E-state index is 2.46. The van der Waals surface area contributed by atoms with Gasteiger partial charge in [-0.25, -0.2) is 0 Å². The summed E-state index contributed by atoms with van der Waals surface area (Å²) in [7, 11) is 0. The Morgan fingerprint density at radius 1 is 0.315 bits per heavy atom. The van der Waals surface area contributed by atoms with Crippen LogP contribution in [0.5, 0.6) is 0 Å². The van der Waals surface area contributed by atoms with E-state index in [-0.39, 0.29) is 0 Å². The van der Waals surface area contributed by atoms with E-state index in [4.69, 9.17) is 0 Å². The number of fused-ring (bicyclic) bond motifs is 4. The van der Waals surface area contributed by atoms with Gasteiger partial charge in [-0.1, -0.05) is 164 Å². The first-order valence-electron chi connectivity index (χ1n) is 18.4. The predicted molar refractivity (Wildman–Crippen MR) is 233 cm³/mol. The number of thiophene rings is 1. The highest BCUT2D eigenvalue weighted by Crippen LogP contribution is 2.47. The van der Waals surface area contributed by atoms with E-state index < -0.39 is 0 Å². The van der Waals surface area contributed by atoms with Crippen LogP contribution in [0.15, 0.2) is 212 Å². The average Bonchev–Trinajstić information content (AvgIpc) is 3.64. The Hall–Kier alpha value is -6.74. The van der Waals surface area contributed by atoms with Crippen LogP contribution in [-0.2, 0) is 0 Å². The highest BCUT2D eigenvalue weighted by atomic mass is 32.1. The van der Waals surface area contributed by atoms with Gasteiger partial charge in [0, 0.05) is 26.8 Å². The highest BCUT2D eigenvalue weighted by molar-refractivity contribution is 7.26. The third-order valence-corrected chi connectivity index (χ3v) is 11.7. The average molecular weight is 706 g/mol. The van der Waals surface area contributed by atoms with Gasteiger partial charge in [0.1, 0.15) is 0 Å². The lowest BCUT2D eigenvalue weighted by Crippen LogP contribution is -2.10. The van der Waals surface area contributed by atoms with Gasteiger partial charge in [-0.3, -0.25) is 0 Å². The Bertz CT molecular complexity index is 2930. The van der Waals surface area contributed by atoms with Crippen molar-refractivity contribution in [1.82, 2.24) is 0 Å². The molecule has 0 saturated carbocycles. The smallest absolute Gasteiger partial charge is 0.0640 e. The van der Waals surface area contributed by atoms with Crippen molar-refractivity contribution >= 4 is 59.3 Å². The molecule has 1 aromatic heterocycles. The second kappa shape index (κ2) is 13.7. The number of benzene rings is 9. The first-order valence-corrected chi connectivity index (χ1v) is 19.2. The molecule has 9 aromatic carbocycles. The molecule has 54 heavy (non-hydrogen) atoms. The predicted octanol–water partition coefficient (Wildman–Crippen LogP) is 15.3. The lowest BCUT2D eigenvalue weighted by molar-refractivity contribution is 1.30. The van der Waals surface area contributed by atoms with Gasteiger partial charge in [0.2, 0.25) is 0 Å². The van der Waals surface area contributed by atoms with Gasteiger partial charge < -0.3 is 4.90 Å². The number of hydrogen-bond donors (Lipinski definition) is 0. The van der Waals surface area contributed by atoms with Crippen LogP contribution in [0.25, 0.3) is 75.5 Å². The van der Waals surface area contributed by atoms with E-state index >= 15 is 0 Å². The molecule has 0 atom stereocenters. The molecule has 0 unspecified atom stereocenters. The van der Waals surface area contributed by atoms with Crippen LogP contribution >= 0.6 is 11.3 Å². The molecule has 0 aliphatic heterocycles. The Morgan fingerprint density at radius 3 is 1.50 bits per heavy atom. The summed E-state index contributed by atoms with van der Waals surface area (Å²) in [5, 5.41) is 5.04. The van der Waals surface area contributed by atoms with Crippen molar-refractivity contribution in [3.05, 3.63) is 212 Å². The monoisotopic (exact) mass is 705 g/mol. The van der Waals surface area contributed by atoms with Crippen LogP contribution < -0.4 is 4.90 Å². The fraction of sp³-hybridized carbons (Fsp3) is 0. The molecular weight excluding hydrogens is 671 g/mol. The zero-order chi connectivity index (χ0) is 35.8. The highest BCUT2D eigenvalue weighted by Gasteiger charge is 2.21. The van der Waals surface area contributed by atoms with Gasteiger partial charge in [-0.05, 0) is 104 Å². The van der Waals surface area contributed by atoms with E-state index in [2.05, 4.69) is 217 Å². The summed E-state index contributed by atoms with van der Waals surface area (Å²) in [5.41, 5.74) is 13.0. The van der Waals surface area contributed by atoms with E-state index in [9.17, 15) is 0 Å². The summed E-state index contributed by atoms with van der Waals surface area (Å²) < 4.78 is 2.56. The SMILES string of the molecule is c1ccc(-c2ccc(N(c3cccc(-c4cc5ccccc5cc4-c4ccccc4)c3)c3cccc4c3sc3ccccc34)cc2-c2ccccc2)cc1. The van der Waals surface area contributed by atoms with Crippen LogP contribution in [0.2, 0.25) is 0 Å². The molecule has 0 N–H and O–H groups in total. The number of rotatable bonds is 7. The molecule has 2 heteroatoms. The second-order valence-corrected chi connectivity index (χ2v) is 14.8. The fourth-order valence-electron chi connectivity index (χ4n) is 7.88. The van der Waals surface area contributed by atoms with Crippen molar-refractivity contribution in [1.29, 1.82) is 0 Å². The van der Waals surface area contributed by atoms with Crippen LogP contribution in [0.1, 0.15) is 0 Å². The Balaban J connectivity index is 1.23. The van der Waals surface area contributed by atoms with E-state index in [1.165, 1.54) is 81.1 Å². The zero-order valence-electron chi connectivity index (χ0n) is 29.6. The molecule has 0 spiro atoms. The summed E-state index contributed by atoms with van der Waals surface area (Å²) in [4.78, 5) is 2.46. The number of nitrogens with zero attached hydrogens (tertiary/aromatic N) is 1. The summed E-state index contributed by atoms with van der Waals surface area (Å²) >= 11 is 1.87. The molecule has 0 bridgehead atoms. The van der Waals surface area contributed by atoms with Gasteiger partial charge >= 0.3 is 0 Å². The summed E-state index contributed by atoms with van der Waals surface area (Å²) in [6.07, 6.45) is 0. The van der Waals surface area contributed by atoms with Crippen LogP contribution in [0, 0.1) is 0 Å². The minimum atomic E-state index is 1.11.